The standard InChI is InChI=1S/C14H19N5O3S/c20-12-3-2-10(16-17-12)13(21)18-4-1-5-19(7-6-18)14(22)11-8-23-9-15-11/h2-3,11,15H,1,4-9H2,(H,17,20). The first-order valence-corrected chi connectivity index (χ1v) is 8.75. The Balaban J connectivity index is 1.61. The summed E-state index contributed by atoms with van der Waals surface area (Å²) in [6.07, 6.45) is 0.737. The van der Waals surface area contributed by atoms with Crippen LogP contribution in [0.3, 0.4) is 0 Å². The van der Waals surface area contributed by atoms with Crippen molar-refractivity contribution in [3.63, 3.8) is 0 Å². The summed E-state index contributed by atoms with van der Waals surface area (Å²) in [5.74, 6) is 1.52. The van der Waals surface area contributed by atoms with Crippen LogP contribution < -0.4 is 10.9 Å². The van der Waals surface area contributed by atoms with Crippen LogP contribution >= 0.6 is 11.8 Å². The molecule has 9 heteroatoms. The fourth-order valence-electron chi connectivity index (χ4n) is 2.74. The molecule has 23 heavy (non-hydrogen) atoms. The van der Waals surface area contributed by atoms with Crippen molar-refractivity contribution in [3.05, 3.63) is 28.2 Å². The predicted molar refractivity (Wildman–Crippen MR) is 86.2 cm³/mol. The number of hydrogen-bond donors (Lipinski definition) is 2. The normalized spacial score (nSPS) is 22.0. The van der Waals surface area contributed by atoms with Gasteiger partial charge in [0.05, 0.1) is 6.04 Å². The molecule has 1 aromatic rings. The number of rotatable bonds is 2. The molecule has 2 N–H and O–H groups in total. The van der Waals surface area contributed by atoms with Crippen LogP contribution in [-0.4, -0.2) is 75.7 Å². The molecule has 3 heterocycles. The van der Waals surface area contributed by atoms with Crippen LogP contribution in [0.5, 0.6) is 0 Å². The van der Waals surface area contributed by atoms with E-state index < -0.39 is 0 Å². The van der Waals surface area contributed by atoms with Gasteiger partial charge in [0.2, 0.25) is 5.91 Å². The molecule has 2 saturated heterocycles. The fraction of sp³-hybridized carbons (Fsp3) is 0.571. The third-order valence-corrected chi connectivity index (χ3v) is 4.95. The lowest BCUT2D eigenvalue weighted by Gasteiger charge is -2.24. The van der Waals surface area contributed by atoms with E-state index in [1.165, 1.54) is 12.1 Å². The average Bonchev–Trinajstić information content (AvgIpc) is 2.99. The monoisotopic (exact) mass is 337 g/mol. The quantitative estimate of drug-likeness (QED) is 0.726. The van der Waals surface area contributed by atoms with Gasteiger partial charge in [-0.3, -0.25) is 19.7 Å². The van der Waals surface area contributed by atoms with Gasteiger partial charge in [-0.05, 0) is 12.5 Å². The van der Waals surface area contributed by atoms with Crippen molar-refractivity contribution in [2.45, 2.75) is 12.5 Å². The Morgan fingerprint density at radius 1 is 1.17 bits per heavy atom. The van der Waals surface area contributed by atoms with Crippen LogP contribution in [0.2, 0.25) is 0 Å². The van der Waals surface area contributed by atoms with Gasteiger partial charge >= 0.3 is 0 Å². The molecule has 0 bridgehead atoms. The van der Waals surface area contributed by atoms with Gasteiger partial charge in [-0.1, -0.05) is 0 Å². The van der Waals surface area contributed by atoms with Gasteiger partial charge in [-0.2, -0.15) is 5.10 Å². The maximum absolute atomic E-state index is 12.4. The van der Waals surface area contributed by atoms with E-state index in [-0.39, 0.29) is 29.1 Å². The Labute approximate surface area is 137 Å². The third kappa shape index (κ3) is 3.73. The van der Waals surface area contributed by atoms with E-state index in [0.29, 0.717) is 26.2 Å². The number of nitrogens with zero attached hydrogens (tertiary/aromatic N) is 3. The number of aromatic nitrogens is 2. The number of nitrogens with one attached hydrogen (secondary N) is 2. The molecule has 3 rings (SSSR count). The molecule has 1 atom stereocenters. The zero-order valence-electron chi connectivity index (χ0n) is 12.7. The minimum absolute atomic E-state index is 0.108. The minimum Gasteiger partial charge on any atom is -0.339 e. The maximum atomic E-state index is 12.4. The molecular weight excluding hydrogens is 318 g/mol. The molecule has 0 aliphatic carbocycles. The zero-order chi connectivity index (χ0) is 16.2. The van der Waals surface area contributed by atoms with Crippen molar-refractivity contribution in [1.82, 2.24) is 25.3 Å². The van der Waals surface area contributed by atoms with Gasteiger partial charge in [0, 0.05) is 43.9 Å². The molecule has 0 radical (unpaired) electrons. The second-order valence-corrected chi connectivity index (χ2v) is 6.58. The van der Waals surface area contributed by atoms with Crippen LogP contribution in [0.4, 0.5) is 0 Å². The number of hydrogen-bond acceptors (Lipinski definition) is 6. The Morgan fingerprint density at radius 3 is 2.65 bits per heavy atom. The molecule has 2 aliphatic heterocycles. The van der Waals surface area contributed by atoms with Crippen molar-refractivity contribution < 1.29 is 9.59 Å². The van der Waals surface area contributed by atoms with Gasteiger partial charge in [0.1, 0.15) is 5.69 Å². The van der Waals surface area contributed by atoms with Crippen molar-refractivity contribution >= 4 is 23.6 Å². The molecule has 124 valence electrons. The summed E-state index contributed by atoms with van der Waals surface area (Å²) in [6.45, 7) is 2.24. The third-order valence-electron chi connectivity index (χ3n) is 4.01. The van der Waals surface area contributed by atoms with Crippen LogP contribution in [0.25, 0.3) is 0 Å². The smallest absolute Gasteiger partial charge is 0.274 e. The summed E-state index contributed by atoms with van der Waals surface area (Å²) >= 11 is 1.72. The molecule has 0 spiro atoms. The predicted octanol–water partition coefficient (Wildman–Crippen LogP) is -0.893. The van der Waals surface area contributed by atoms with Gasteiger partial charge in [-0.15, -0.1) is 11.8 Å². The summed E-state index contributed by atoms with van der Waals surface area (Å²) in [7, 11) is 0. The lowest BCUT2D eigenvalue weighted by atomic mass is 10.2. The molecule has 2 aliphatic rings. The van der Waals surface area contributed by atoms with Gasteiger partial charge in [0.15, 0.2) is 0 Å². The number of carbonyl (C=O) groups excluding carboxylic acids is 2. The second-order valence-electron chi connectivity index (χ2n) is 5.55. The molecule has 0 aromatic carbocycles. The molecule has 2 amide bonds. The van der Waals surface area contributed by atoms with E-state index in [0.717, 1.165) is 18.1 Å². The number of carbonyl (C=O) groups is 2. The minimum atomic E-state index is -0.337. The Morgan fingerprint density at radius 2 is 1.96 bits per heavy atom. The van der Waals surface area contributed by atoms with E-state index >= 15 is 0 Å². The molecule has 8 nitrogen and oxygen atoms in total. The Kier molecular flexibility index (Phi) is 4.97. The van der Waals surface area contributed by atoms with E-state index in [1.54, 1.807) is 16.7 Å². The lowest BCUT2D eigenvalue weighted by molar-refractivity contribution is -0.132. The molecular formula is C14H19N5O3S. The highest BCUT2D eigenvalue weighted by Crippen LogP contribution is 2.14. The largest absolute Gasteiger partial charge is 0.339 e. The lowest BCUT2D eigenvalue weighted by Crippen LogP contribution is -2.46. The molecule has 0 saturated carbocycles. The van der Waals surface area contributed by atoms with Gasteiger partial charge in [0.25, 0.3) is 11.5 Å². The maximum Gasteiger partial charge on any atom is 0.274 e. The summed E-state index contributed by atoms with van der Waals surface area (Å²) in [4.78, 5) is 39.4. The van der Waals surface area contributed by atoms with Gasteiger partial charge < -0.3 is 9.80 Å². The van der Waals surface area contributed by atoms with Crippen molar-refractivity contribution in [2.75, 3.05) is 37.8 Å². The summed E-state index contributed by atoms with van der Waals surface area (Å²) in [5, 5.41) is 9.24. The van der Waals surface area contributed by atoms with E-state index in [4.69, 9.17) is 0 Å². The number of H-pyrrole nitrogens is 1. The average molecular weight is 337 g/mol. The Bertz CT molecular complexity index is 623. The summed E-state index contributed by atoms with van der Waals surface area (Å²) in [5.41, 5.74) is -0.116. The van der Waals surface area contributed by atoms with Crippen molar-refractivity contribution in [1.29, 1.82) is 0 Å². The van der Waals surface area contributed by atoms with E-state index in [2.05, 4.69) is 15.5 Å². The number of amides is 2. The number of aromatic amines is 1. The zero-order valence-corrected chi connectivity index (χ0v) is 13.5. The number of thioether (sulfide) groups is 1. The van der Waals surface area contributed by atoms with E-state index in [1.807, 2.05) is 4.90 Å². The van der Waals surface area contributed by atoms with E-state index in [9.17, 15) is 14.4 Å². The highest BCUT2D eigenvalue weighted by molar-refractivity contribution is 7.99. The first kappa shape index (κ1) is 16.0. The van der Waals surface area contributed by atoms with Crippen LogP contribution in [0, 0.1) is 0 Å². The molecule has 2 fully saturated rings. The van der Waals surface area contributed by atoms with Crippen LogP contribution in [0.15, 0.2) is 16.9 Å². The summed E-state index contributed by atoms with van der Waals surface area (Å²) in [6, 6.07) is 2.61. The highest BCUT2D eigenvalue weighted by Gasteiger charge is 2.29. The van der Waals surface area contributed by atoms with Crippen molar-refractivity contribution in [2.24, 2.45) is 0 Å². The van der Waals surface area contributed by atoms with Crippen LogP contribution in [0.1, 0.15) is 16.9 Å². The second kappa shape index (κ2) is 7.14. The fourth-order valence-corrected chi connectivity index (χ4v) is 3.67. The van der Waals surface area contributed by atoms with Crippen molar-refractivity contribution in [3.8, 4) is 0 Å². The topological polar surface area (TPSA) is 98.4 Å². The molecule has 1 unspecified atom stereocenters. The van der Waals surface area contributed by atoms with Gasteiger partial charge in [-0.25, -0.2) is 5.10 Å². The summed E-state index contributed by atoms with van der Waals surface area (Å²) < 4.78 is 0. The van der Waals surface area contributed by atoms with Crippen LogP contribution in [-0.2, 0) is 4.79 Å². The highest BCUT2D eigenvalue weighted by atomic mass is 32.2. The first-order valence-electron chi connectivity index (χ1n) is 7.60. The Hall–Kier alpha value is -1.87. The molecule has 1 aromatic heterocycles. The first-order chi connectivity index (χ1) is 11.1. The SMILES string of the molecule is O=C(c1ccc(=O)[nH]n1)N1CCCN(C(=O)C2CSCN2)CC1.